The maximum absolute atomic E-state index is 11.1. The fraction of sp³-hybridized carbons (Fsp3) is 0.588. The number of aryl methyl sites for hydroxylation is 1. The van der Waals surface area contributed by atoms with Crippen molar-refractivity contribution in [2.75, 3.05) is 0 Å². The molecule has 0 amide bonds. The predicted octanol–water partition coefficient (Wildman–Crippen LogP) is 3.45. The van der Waals surface area contributed by atoms with Gasteiger partial charge in [0.05, 0.1) is 16.6 Å². The standard InChI is InChI=1S/C17H24N2O/c1-3-13-8-6-7-11-17(13,20)12-16-18-14-9-4-5-10-15(14)19(16)2/h4-5,9-10,13,20H,3,6-8,11-12H2,1-2H3. The lowest BCUT2D eigenvalue weighted by Gasteiger charge is -2.39. The Morgan fingerprint density at radius 1 is 1.35 bits per heavy atom. The first-order valence-corrected chi connectivity index (χ1v) is 7.77. The predicted molar refractivity (Wildman–Crippen MR) is 81.6 cm³/mol. The fourth-order valence-electron chi connectivity index (χ4n) is 3.74. The average molecular weight is 272 g/mol. The summed E-state index contributed by atoms with van der Waals surface area (Å²) in [5.41, 5.74) is 1.61. The van der Waals surface area contributed by atoms with Crippen molar-refractivity contribution in [1.82, 2.24) is 9.55 Å². The van der Waals surface area contributed by atoms with Crippen molar-refractivity contribution in [2.24, 2.45) is 13.0 Å². The van der Waals surface area contributed by atoms with Gasteiger partial charge in [-0.05, 0) is 30.9 Å². The Balaban J connectivity index is 1.93. The highest BCUT2D eigenvalue weighted by Crippen LogP contribution is 2.38. The number of imidazole rings is 1. The Morgan fingerprint density at radius 3 is 2.90 bits per heavy atom. The van der Waals surface area contributed by atoms with Gasteiger partial charge in [0, 0.05) is 13.5 Å². The molecule has 1 heterocycles. The highest BCUT2D eigenvalue weighted by atomic mass is 16.3. The van der Waals surface area contributed by atoms with Gasteiger partial charge in [-0.2, -0.15) is 0 Å². The lowest BCUT2D eigenvalue weighted by Crippen LogP contribution is -2.43. The van der Waals surface area contributed by atoms with Gasteiger partial charge in [-0.1, -0.05) is 38.3 Å². The van der Waals surface area contributed by atoms with Gasteiger partial charge in [-0.15, -0.1) is 0 Å². The zero-order valence-corrected chi connectivity index (χ0v) is 12.5. The summed E-state index contributed by atoms with van der Waals surface area (Å²) in [4.78, 5) is 4.72. The van der Waals surface area contributed by atoms with Crippen molar-refractivity contribution in [3.8, 4) is 0 Å². The fourth-order valence-corrected chi connectivity index (χ4v) is 3.74. The van der Waals surface area contributed by atoms with Crippen molar-refractivity contribution in [3.63, 3.8) is 0 Å². The van der Waals surface area contributed by atoms with Crippen molar-refractivity contribution >= 4 is 11.0 Å². The van der Waals surface area contributed by atoms with E-state index in [-0.39, 0.29) is 0 Å². The molecule has 0 aliphatic heterocycles. The molecule has 1 aromatic carbocycles. The van der Waals surface area contributed by atoms with Crippen LogP contribution < -0.4 is 0 Å². The minimum atomic E-state index is -0.567. The number of nitrogens with zero attached hydrogens (tertiary/aromatic N) is 2. The molecule has 3 nitrogen and oxygen atoms in total. The van der Waals surface area contributed by atoms with Crippen LogP contribution in [0.1, 0.15) is 44.9 Å². The summed E-state index contributed by atoms with van der Waals surface area (Å²) < 4.78 is 2.13. The van der Waals surface area contributed by atoms with E-state index in [1.165, 1.54) is 6.42 Å². The minimum absolute atomic E-state index is 0.413. The summed E-state index contributed by atoms with van der Waals surface area (Å²) in [5.74, 6) is 1.42. The summed E-state index contributed by atoms with van der Waals surface area (Å²) in [7, 11) is 2.05. The van der Waals surface area contributed by atoms with E-state index in [4.69, 9.17) is 4.98 Å². The smallest absolute Gasteiger partial charge is 0.112 e. The molecule has 108 valence electrons. The number of fused-ring (bicyclic) bond motifs is 1. The van der Waals surface area contributed by atoms with Crippen LogP contribution in [-0.4, -0.2) is 20.3 Å². The average Bonchev–Trinajstić information content (AvgIpc) is 2.76. The monoisotopic (exact) mass is 272 g/mol. The SMILES string of the molecule is CCC1CCCCC1(O)Cc1nc2ccccc2n1C. The van der Waals surface area contributed by atoms with Crippen LogP contribution in [0.3, 0.4) is 0 Å². The van der Waals surface area contributed by atoms with Crippen LogP contribution in [0.4, 0.5) is 0 Å². The maximum atomic E-state index is 11.1. The molecule has 1 aliphatic carbocycles. The molecule has 1 aromatic heterocycles. The van der Waals surface area contributed by atoms with Crippen LogP contribution in [0.5, 0.6) is 0 Å². The minimum Gasteiger partial charge on any atom is -0.389 e. The van der Waals surface area contributed by atoms with E-state index < -0.39 is 5.60 Å². The third-order valence-electron chi connectivity index (χ3n) is 5.01. The summed E-state index contributed by atoms with van der Waals surface area (Å²) in [5, 5.41) is 11.1. The summed E-state index contributed by atoms with van der Waals surface area (Å²) in [6, 6.07) is 8.19. The van der Waals surface area contributed by atoms with Gasteiger partial charge >= 0.3 is 0 Å². The van der Waals surface area contributed by atoms with Gasteiger partial charge in [-0.3, -0.25) is 0 Å². The largest absolute Gasteiger partial charge is 0.389 e. The van der Waals surface area contributed by atoms with Gasteiger partial charge in [0.15, 0.2) is 0 Å². The van der Waals surface area contributed by atoms with Crippen LogP contribution in [0, 0.1) is 5.92 Å². The molecular formula is C17H24N2O. The second kappa shape index (κ2) is 5.21. The first-order chi connectivity index (χ1) is 9.64. The van der Waals surface area contributed by atoms with Gasteiger partial charge in [0.2, 0.25) is 0 Å². The van der Waals surface area contributed by atoms with Gasteiger partial charge in [0.25, 0.3) is 0 Å². The number of benzene rings is 1. The Hall–Kier alpha value is -1.35. The highest BCUT2D eigenvalue weighted by molar-refractivity contribution is 5.75. The lowest BCUT2D eigenvalue weighted by molar-refractivity contribution is -0.0508. The third-order valence-corrected chi connectivity index (χ3v) is 5.01. The van der Waals surface area contributed by atoms with E-state index in [9.17, 15) is 5.11 Å². The second-order valence-electron chi connectivity index (χ2n) is 6.21. The Kier molecular flexibility index (Phi) is 3.55. The molecule has 1 fully saturated rings. The Labute approximate surface area is 120 Å². The van der Waals surface area contributed by atoms with E-state index in [1.807, 2.05) is 18.2 Å². The molecular weight excluding hydrogens is 248 g/mol. The van der Waals surface area contributed by atoms with E-state index in [0.29, 0.717) is 12.3 Å². The summed E-state index contributed by atoms with van der Waals surface area (Å²) >= 11 is 0. The number of rotatable bonds is 3. The number of hydrogen-bond donors (Lipinski definition) is 1. The van der Waals surface area contributed by atoms with E-state index >= 15 is 0 Å². The molecule has 1 saturated carbocycles. The zero-order valence-electron chi connectivity index (χ0n) is 12.5. The molecule has 2 atom stereocenters. The number of aliphatic hydroxyl groups is 1. The molecule has 20 heavy (non-hydrogen) atoms. The van der Waals surface area contributed by atoms with Crippen LogP contribution >= 0.6 is 0 Å². The molecule has 0 saturated heterocycles. The molecule has 2 unspecified atom stereocenters. The number of aromatic nitrogens is 2. The summed E-state index contributed by atoms with van der Waals surface area (Å²) in [6.07, 6.45) is 6.18. The molecule has 3 heteroatoms. The molecule has 0 spiro atoms. The van der Waals surface area contributed by atoms with Crippen molar-refractivity contribution in [1.29, 1.82) is 0 Å². The maximum Gasteiger partial charge on any atom is 0.112 e. The van der Waals surface area contributed by atoms with Crippen molar-refractivity contribution in [3.05, 3.63) is 30.1 Å². The van der Waals surface area contributed by atoms with Gasteiger partial charge in [-0.25, -0.2) is 4.98 Å². The zero-order chi connectivity index (χ0) is 14.2. The molecule has 3 rings (SSSR count). The highest BCUT2D eigenvalue weighted by Gasteiger charge is 2.38. The normalized spacial score (nSPS) is 27.1. The van der Waals surface area contributed by atoms with Gasteiger partial charge in [0.1, 0.15) is 5.82 Å². The first kappa shape index (κ1) is 13.6. The van der Waals surface area contributed by atoms with E-state index in [1.54, 1.807) is 0 Å². The van der Waals surface area contributed by atoms with Crippen LogP contribution in [-0.2, 0) is 13.5 Å². The van der Waals surface area contributed by atoms with E-state index in [2.05, 4.69) is 24.6 Å². The number of hydrogen-bond acceptors (Lipinski definition) is 2. The van der Waals surface area contributed by atoms with Crippen LogP contribution in [0.25, 0.3) is 11.0 Å². The molecule has 0 bridgehead atoms. The second-order valence-corrected chi connectivity index (χ2v) is 6.21. The quantitative estimate of drug-likeness (QED) is 0.929. The van der Waals surface area contributed by atoms with Crippen LogP contribution in [0.15, 0.2) is 24.3 Å². The first-order valence-electron chi connectivity index (χ1n) is 7.77. The molecule has 1 N–H and O–H groups in total. The Morgan fingerprint density at radius 2 is 2.15 bits per heavy atom. The number of para-hydroxylation sites is 2. The van der Waals surface area contributed by atoms with Gasteiger partial charge < -0.3 is 9.67 Å². The molecule has 0 radical (unpaired) electrons. The Bertz CT molecular complexity index is 604. The van der Waals surface area contributed by atoms with Crippen molar-refractivity contribution < 1.29 is 5.11 Å². The third kappa shape index (κ3) is 2.24. The lowest BCUT2D eigenvalue weighted by atomic mass is 9.72. The summed E-state index contributed by atoms with van der Waals surface area (Å²) in [6.45, 7) is 2.19. The van der Waals surface area contributed by atoms with E-state index in [0.717, 1.165) is 42.5 Å². The van der Waals surface area contributed by atoms with Crippen LogP contribution in [0.2, 0.25) is 0 Å². The topological polar surface area (TPSA) is 38.1 Å². The molecule has 1 aliphatic rings. The van der Waals surface area contributed by atoms with Crippen molar-refractivity contribution in [2.45, 2.75) is 51.0 Å². The molecule has 2 aromatic rings.